The Morgan fingerprint density at radius 1 is 1.40 bits per heavy atom. The normalized spacial score (nSPS) is 7.70. The van der Waals surface area contributed by atoms with E-state index in [0.29, 0.717) is 6.42 Å². The summed E-state index contributed by atoms with van der Waals surface area (Å²) in [7, 11) is 0. The van der Waals surface area contributed by atoms with E-state index in [1.54, 1.807) is 0 Å². The molecule has 4 heteroatoms. The van der Waals surface area contributed by atoms with Crippen molar-refractivity contribution in [3.05, 3.63) is 4.91 Å². The summed E-state index contributed by atoms with van der Waals surface area (Å²) in [5.74, 6) is -0.682. The van der Waals surface area contributed by atoms with E-state index in [2.05, 4.69) is 12.5 Å². The van der Waals surface area contributed by atoms with Crippen LogP contribution >= 0.6 is 0 Å². The van der Waals surface area contributed by atoms with Gasteiger partial charge in [-0.25, -0.2) is 0 Å². The van der Waals surface area contributed by atoms with Gasteiger partial charge >= 0.3 is 5.97 Å². The molecule has 0 aliphatic rings. The first-order valence-corrected chi connectivity index (χ1v) is 3.19. The third-order valence-electron chi connectivity index (χ3n) is 0.994. The van der Waals surface area contributed by atoms with Crippen LogP contribution in [0.4, 0.5) is 0 Å². The molecular weight excluding hydrogens is 134 g/mol. The van der Waals surface area contributed by atoms with Crippen molar-refractivity contribution >= 4 is 5.97 Å². The molecule has 0 amide bonds. The van der Waals surface area contributed by atoms with Crippen LogP contribution in [0.15, 0.2) is 0 Å². The molecule has 0 radical (unpaired) electrons. The first-order chi connectivity index (χ1) is 4.77. The first kappa shape index (κ1) is 11.8. The summed E-state index contributed by atoms with van der Waals surface area (Å²) in [6.45, 7) is 2.06. The zero-order valence-electron chi connectivity index (χ0n) is 6.09. The van der Waals surface area contributed by atoms with Gasteiger partial charge in [-0.3, -0.25) is 4.79 Å². The highest BCUT2D eigenvalue weighted by Crippen LogP contribution is 1.97. The van der Waals surface area contributed by atoms with E-state index in [0.717, 1.165) is 19.3 Å². The van der Waals surface area contributed by atoms with E-state index in [9.17, 15) is 4.79 Å². The number of nitroso groups, excluding NO2 is 1. The van der Waals surface area contributed by atoms with Crippen LogP contribution in [-0.2, 0) is 4.79 Å². The highest BCUT2D eigenvalue weighted by Gasteiger charge is 1.92. The average molecular weight is 147 g/mol. The molecular formula is C6H13NO3. The van der Waals surface area contributed by atoms with Crippen molar-refractivity contribution < 1.29 is 9.90 Å². The number of carboxylic acids is 1. The van der Waals surface area contributed by atoms with E-state index in [1.807, 2.05) is 0 Å². The minimum Gasteiger partial charge on any atom is -0.481 e. The molecule has 0 saturated carbocycles. The Kier molecular flexibility index (Phi) is 12.9. The third kappa shape index (κ3) is 15.7. The topological polar surface area (TPSA) is 78.2 Å². The Morgan fingerprint density at radius 3 is 2.20 bits per heavy atom. The van der Waals surface area contributed by atoms with Crippen molar-refractivity contribution in [3.8, 4) is 0 Å². The first-order valence-electron chi connectivity index (χ1n) is 3.19. The summed E-state index contributed by atoms with van der Waals surface area (Å²) in [5, 5.41) is 8.14. The molecule has 0 aromatic heterocycles. The number of hydrogen-bond donors (Lipinski definition) is 2. The van der Waals surface area contributed by atoms with Gasteiger partial charge < -0.3 is 5.11 Å². The molecule has 0 fully saturated rings. The van der Waals surface area contributed by atoms with Gasteiger partial charge in [-0.05, 0) is 6.42 Å². The maximum absolute atomic E-state index is 9.87. The van der Waals surface area contributed by atoms with Crippen molar-refractivity contribution in [1.29, 1.82) is 5.59 Å². The lowest BCUT2D eigenvalue weighted by Crippen LogP contribution is -1.92. The fraction of sp³-hybridized carbons (Fsp3) is 0.833. The highest BCUT2D eigenvalue weighted by atomic mass is 16.4. The van der Waals surface area contributed by atoms with E-state index < -0.39 is 5.97 Å². The molecule has 0 spiro atoms. The summed E-state index contributed by atoms with van der Waals surface area (Å²) in [5.41, 5.74) is 4.50. The van der Waals surface area contributed by atoms with Gasteiger partial charge in [0, 0.05) is 6.42 Å². The van der Waals surface area contributed by atoms with Crippen LogP contribution in [0.25, 0.3) is 0 Å². The molecule has 4 nitrogen and oxygen atoms in total. The minimum absolute atomic E-state index is 0.327. The summed E-state index contributed by atoms with van der Waals surface area (Å²) in [6, 6.07) is 0. The van der Waals surface area contributed by atoms with Gasteiger partial charge in [-0.1, -0.05) is 25.4 Å². The van der Waals surface area contributed by atoms with Gasteiger partial charge in [0.25, 0.3) is 0 Å². The van der Waals surface area contributed by atoms with E-state index in [-0.39, 0.29) is 0 Å². The lowest BCUT2D eigenvalue weighted by Gasteiger charge is -1.89. The molecule has 0 aromatic carbocycles. The maximum Gasteiger partial charge on any atom is 0.303 e. The summed E-state index contributed by atoms with van der Waals surface area (Å²) in [4.78, 5) is 17.4. The molecule has 2 N–H and O–H groups in total. The maximum atomic E-state index is 9.87. The van der Waals surface area contributed by atoms with Crippen LogP contribution in [0.5, 0.6) is 0 Å². The number of carboxylic acid groups (broad SMARTS) is 1. The fourth-order valence-corrected chi connectivity index (χ4v) is 0.526. The molecule has 0 aliphatic carbocycles. The van der Waals surface area contributed by atoms with Crippen LogP contribution in [-0.4, -0.2) is 11.1 Å². The predicted octanol–water partition coefficient (Wildman–Crippen LogP) is 1.98. The molecule has 0 heterocycles. The van der Waals surface area contributed by atoms with Crippen LogP contribution < -0.4 is 0 Å². The van der Waals surface area contributed by atoms with Gasteiger partial charge in [0.05, 0.1) is 0 Å². The third-order valence-corrected chi connectivity index (χ3v) is 0.994. The Morgan fingerprint density at radius 2 is 1.90 bits per heavy atom. The average Bonchev–Trinajstić information content (AvgIpc) is 1.92. The molecule has 0 rings (SSSR count). The number of carbonyl (C=O) groups is 1. The number of unbranched alkanes of at least 4 members (excludes halogenated alkanes) is 2. The second kappa shape index (κ2) is 10.9. The highest BCUT2D eigenvalue weighted by molar-refractivity contribution is 5.66. The van der Waals surface area contributed by atoms with E-state index >= 15 is 0 Å². The lowest BCUT2D eigenvalue weighted by atomic mass is 10.2. The second-order valence-electron chi connectivity index (χ2n) is 1.85. The molecule has 0 unspecified atom stereocenters. The quantitative estimate of drug-likeness (QED) is 0.471. The zero-order chi connectivity index (χ0) is 8.41. The number of hydrogen-bond acceptors (Lipinski definition) is 3. The van der Waals surface area contributed by atoms with Gasteiger partial charge in [-0.15, -0.1) is 0 Å². The Hall–Kier alpha value is -0.930. The summed E-state index contributed by atoms with van der Waals surface area (Å²) in [6.07, 6.45) is 3.28. The Bertz CT molecular complexity index is 85.1. The van der Waals surface area contributed by atoms with Crippen molar-refractivity contribution in [2.45, 2.75) is 32.6 Å². The van der Waals surface area contributed by atoms with Crippen molar-refractivity contribution in [1.82, 2.24) is 0 Å². The SMILES string of the molecule is CCCCCC(=O)O.N=O. The standard InChI is InChI=1S/C6H12O2.HNO/c1-2-3-4-5-6(7)8;1-2/h2-5H2,1H3,(H,7,8);1H. The summed E-state index contributed by atoms with van der Waals surface area (Å²) >= 11 is 0. The van der Waals surface area contributed by atoms with Gasteiger partial charge in [-0.2, -0.15) is 4.91 Å². The molecule has 0 saturated heterocycles. The van der Waals surface area contributed by atoms with E-state index in [1.165, 1.54) is 0 Å². The minimum atomic E-state index is -0.682. The largest absolute Gasteiger partial charge is 0.481 e. The predicted molar refractivity (Wildman–Crippen MR) is 37.9 cm³/mol. The fourth-order valence-electron chi connectivity index (χ4n) is 0.526. The Labute approximate surface area is 60.0 Å². The van der Waals surface area contributed by atoms with Crippen LogP contribution in [0, 0.1) is 10.5 Å². The monoisotopic (exact) mass is 147 g/mol. The van der Waals surface area contributed by atoms with Gasteiger partial charge in [0.1, 0.15) is 0 Å². The number of nitrogens with one attached hydrogen (secondary N) is 1. The van der Waals surface area contributed by atoms with Crippen LogP contribution in [0.3, 0.4) is 0 Å². The molecule has 0 aliphatic heterocycles. The zero-order valence-corrected chi connectivity index (χ0v) is 6.09. The lowest BCUT2D eigenvalue weighted by molar-refractivity contribution is -0.137. The van der Waals surface area contributed by atoms with Crippen molar-refractivity contribution in [3.63, 3.8) is 0 Å². The Balaban J connectivity index is 0. The molecule has 0 bridgehead atoms. The van der Waals surface area contributed by atoms with E-state index in [4.69, 9.17) is 10.0 Å². The smallest absolute Gasteiger partial charge is 0.303 e. The molecule has 0 atom stereocenters. The summed E-state index contributed by atoms with van der Waals surface area (Å²) < 4.78 is 0. The molecule has 60 valence electrons. The van der Waals surface area contributed by atoms with Crippen LogP contribution in [0.2, 0.25) is 0 Å². The molecule has 10 heavy (non-hydrogen) atoms. The van der Waals surface area contributed by atoms with Crippen molar-refractivity contribution in [2.75, 3.05) is 0 Å². The van der Waals surface area contributed by atoms with Gasteiger partial charge in [0.15, 0.2) is 0 Å². The second-order valence-corrected chi connectivity index (χ2v) is 1.85. The number of aliphatic carboxylic acids is 1. The number of rotatable bonds is 4. The van der Waals surface area contributed by atoms with Crippen molar-refractivity contribution in [2.24, 2.45) is 0 Å². The van der Waals surface area contributed by atoms with Gasteiger partial charge in [0.2, 0.25) is 0 Å². The van der Waals surface area contributed by atoms with Crippen LogP contribution in [0.1, 0.15) is 32.6 Å². The molecule has 0 aromatic rings.